The van der Waals surface area contributed by atoms with E-state index >= 15 is 0 Å². The van der Waals surface area contributed by atoms with Crippen molar-refractivity contribution in [2.45, 2.75) is 52.1 Å². The van der Waals surface area contributed by atoms with Crippen LogP contribution in [0.3, 0.4) is 0 Å². The van der Waals surface area contributed by atoms with E-state index in [1.165, 1.54) is 5.56 Å². The number of carbonyl (C=O) groups is 2. The molecule has 29 heavy (non-hydrogen) atoms. The summed E-state index contributed by atoms with van der Waals surface area (Å²) < 4.78 is 5.74. The standard InChI is InChI=1S/C24H32N2O3/c1-6-21(23(28)25-5)26(16-18-10-8-7-9-11-18)22(27)17-29-20-14-12-19(13-15-20)24(2,3)4/h7-15,21H,6,16-17H2,1-5H3,(H,25,28). The third-order valence-corrected chi connectivity index (χ3v) is 4.91. The van der Waals surface area contributed by atoms with Crippen LogP contribution in [0.1, 0.15) is 45.2 Å². The van der Waals surface area contributed by atoms with Crippen molar-refractivity contribution >= 4 is 11.8 Å². The van der Waals surface area contributed by atoms with Crippen molar-refractivity contribution in [2.24, 2.45) is 0 Å². The van der Waals surface area contributed by atoms with Gasteiger partial charge in [0.25, 0.3) is 5.91 Å². The topological polar surface area (TPSA) is 58.6 Å². The molecule has 1 N–H and O–H groups in total. The van der Waals surface area contributed by atoms with Crippen molar-refractivity contribution in [1.82, 2.24) is 10.2 Å². The maximum Gasteiger partial charge on any atom is 0.261 e. The van der Waals surface area contributed by atoms with Gasteiger partial charge in [-0.05, 0) is 35.1 Å². The molecule has 0 saturated heterocycles. The summed E-state index contributed by atoms with van der Waals surface area (Å²) in [6.07, 6.45) is 0.526. The van der Waals surface area contributed by atoms with Gasteiger partial charge in [0.15, 0.2) is 6.61 Å². The van der Waals surface area contributed by atoms with E-state index in [2.05, 4.69) is 26.1 Å². The van der Waals surface area contributed by atoms with Crippen molar-refractivity contribution in [3.8, 4) is 5.75 Å². The van der Waals surface area contributed by atoms with E-state index in [0.29, 0.717) is 18.7 Å². The van der Waals surface area contributed by atoms with Gasteiger partial charge in [-0.1, -0.05) is 70.2 Å². The average molecular weight is 397 g/mol. The molecule has 2 rings (SSSR count). The minimum atomic E-state index is -0.542. The molecular formula is C24H32N2O3. The Kier molecular flexibility index (Phi) is 7.82. The van der Waals surface area contributed by atoms with Crippen molar-refractivity contribution in [2.75, 3.05) is 13.7 Å². The lowest BCUT2D eigenvalue weighted by atomic mass is 9.87. The maximum atomic E-state index is 13.0. The number of nitrogens with zero attached hydrogens (tertiary/aromatic N) is 1. The zero-order valence-electron chi connectivity index (χ0n) is 18.1. The number of likely N-dealkylation sites (N-methyl/N-ethyl adjacent to an activating group) is 1. The summed E-state index contributed by atoms with van der Waals surface area (Å²) >= 11 is 0. The van der Waals surface area contributed by atoms with Gasteiger partial charge < -0.3 is 15.0 Å². The molecule has 0 heterocycles. The summed E-state index contributed by atoms with van der Waals surface area (Å²) in [5.74, 6) is 0.245. The minimum Gasteiger partial charge on any atom is -0.484 e. The van der Waals surface area contributed by atoms with Crippen LogP contribution in [0.5, 0.6) is 5.75 Å². The fourth-order valence-corrected chi connectivity index (χ4v) is 3.15. The second-order valence-electron chi connectivity index (χ2n) is 8.11. The lowest BCUT2D eigenvalue weighted by Gasteiger charge is -2.30. The molecule has 1 atom stereocenters. The second kappa shape index (κ2) is 10.1. The summed E-state index contributed by atoms with van der Waals surface area (Å²) in [4.78, 5) is 26.9. The van der Waals surface area contributed by atoms with E-state index in [9.17, 15) is 9.59 Å². The highest BCUT2D eigenvalue weighted by Gasteiger charge is 2.28. The number of hydrogen-bond acceptors (Lipinski definition) is 3. The van der Waals surface area contributed by atoms with Crippen LogP contribution >= 0.6 is 0 Å². The molecule has 0 radical (unpaired) electrons. The van der Waals surface area contributed by atoms with Crippen molar-refractivity contribution in [3.05, 3.63) is 65.7 Å². The van der Waals surface area contributed by atoms with Crippen molar-refractivity contribution in [3.63, 3.8) is 0 Å². The summed E-state index contributed by atoms with van der Waals surface area (Å²) in [6.45, 7) is 8.59. The van der Waals surface area contributed by atoms with E-state index in [0.717, 1.165) is 5.56 Å². The first-order chi connectivity index (χ1) is 13.8. The van der Waals surface area contributed by atoms with Crippen molar-refractivity contribution < 1.29 is 14.3 Å². The molecule has 0 aliphatic carbocycles. The van der Waals surface area contributed by atoms with Crippen LogP contribution in [-0.4, -0.2) is 36.4 Å². The summed E-state index contributed by atoms with van der Waals surface area (Å²) in [5.41, 5.74) is 2.23. The first kappa shape index (κ1) is 22.5. The van der Waals surface area contributed by atoms with Gasteiger partial charge in [-0.15, -0.1) is 0 Å². The Balaban J connectivity index is 2.12. The van der Waals surface area contributed by atoms with Gasteiger partial charge in [-0.25, -0.2) is 0 Å². The Hall–Kier alpha value is -2.82. The largest absolute Gasteiger partial charge is 0.484 e. The van der Waals surface area contributed by atoms with Gasteiger partial charge in [0.05, 0.1) is 0 Å². The van der Waals surface area contributed by atoms with Crippen LogP contribution in [-0.2, 0) is 21.5 Å². The molecule has 2 aromatic rings. The molecule has 1 unspecified atom stereocenters. The molecule has 5 heteroatoms. The Bertz CT molecular complexity index is 795. The van der Waals surface area contributed by atoms with Crippen LogP contribution in [0.25, 0.3) is 0 Å². The van der Waals surface area contributed by atoms with Crippen LogP contribution in [0.2, 0.25) is 0 Å². The predicted molar refractivity (Wildman–Crippen MR) is 116 cm³/mol. The van der Waals surface area contributed by atoms with Gasteiger partial charge in [0.1, 0.15) is 11.8 Å². The molecule has 2 aromatic carbocycles. The van der Waals surface area contributed by atoms with Gasteiger partial charge in [-0.2, -0.15) is 0 Å². The molecular weight excluding hydrogens is 364 g/mol. The van der Waals surface area contributed by atoms with Crippen molar-refractivity contribution in [1.29, 1.82) is 0 Å². The monoisotopic (exact) mass is 396 g/mol. The maximum absolute atomic E-state index is 13.0. The highest BCUT2D eigenvalue weighted by molar-refractivity contribution is 5.88. The number of nitrogens with one attached hydrogen (secondary N) is 1. The first-order valence-corrected chi connectivity index (χ1v) is 10.0. The van der Waals surface area contributed by atoms with E-state index in [-0.39, 0.29) is 23.8 Å². The SMILES string of the molecule is CCC(C(=O)NC)N(Cc1ccccc1)C(=O)COc1ccc(C(C)(C)C)cc1. The summed E-state index contributed by atoms with van der Waals surface area (Å²) in [5, 5.41) is 2.66. The quantitative estimate of drug-likeness (QED) is 0.736. The summed E-state index contributed by atoms with van der Waals surface area (Å²) in [6, 6.07) is 16.9. The normalized spacial score (nSPS) is 12.2. The second-order valence-corrected chi connectivity index (χ2v) is 8.11. The average Bonchev–Trinajstić information content (AvgIpc) is 2.72. The molecule has 0 saturated carbocycles. The van der Waals surface area contributed by atoms with Gasteiger partial charge in [0, 0.05) is 13.6 Å². The summed E-state index contributed by atoms with van der Waals surface area (Å²) in [7, 11) is 1.59. The molecule has 0 fully saturated rings. The number of ether oxygens (including phenoxy) is 1. The molecule has 2 amide bonds. The smallest absolute Gasteiger partial charge is 0.261 e. The Labute approximate surface area is 174 Å². The lowest BCUT2D eigenvalue weighted by Crippen LogP contribution is -2.49. The van der Waals surface area contributed by atoms with E-state index < -0.39 is 6.04 Å². The van der Waals surface area contributed by atoms with E-state index in [1.807, 2.05) is 61.5 Å². The number of benzene rings is 2. The molecule has 0 aliphatic heterocycles. The highest BCUT2D eigenvalue weighted by Crippen LogP contribution is 2.24. The fraction of sp³-hybridized carbons (Fsp3) is 0.417. The number of carbonyl (C=O) groups excluding carboxylic acids is 2. The number of rotatable bonds is 8. The molecule has 0 bridgehead atoms. The minimum absolute atomic E-state index is 0.0582. The molecule has 0 aliphatic rings. The zero-order chi connectivity index (χ0) is 21.4. The third kappa shape index (κ3) is 6.34. The van der Waals surface area contributed by atoms with Gasteiger partial charge in [-0.3, -0.25) is 9.59 Å². The van der Waals surface area contributed by atoms with Gasteiger partial charge >= 0.3 is 0 Å². The molecule has 156 valence electrons. The van der Waals surface area contributed by atoms with Crippen LogP contribution in [0, 0.1) is 0 Å². The third-order valence-electron chi connectivity index (χ3n) is 4.91. The predicted octanol–water partition coefficient (Wildman–Crippen LogP) is 3.92. The first-order valence-electron chi connectivity index (χ1n) is 10.0. The van der Waals surface area contributed by atoms with Crippen LogP contribution < -0.4 is 10.1 Å². The Morgan fingerprint density at radius 2 is 1.66 bits per heavy atom. The molecule has 5 nitrogen and oxygen atoms in total. The van der Waals surface area contributed by atoms with Gasteiger partial charge in [0.2, 0.25) is 5.91 Å². The Morgan fingerprint density at radius 3 is 2.17 bits per heavy atom. The zero-order valence-corrected chi connectivity index (χ0v) is 18.1. The van der Waals surface area contributed by atoms with Crippen LogP contribution in [0.4, 0.5) is 0 Å². The lowest BCUT2D eigenvalue weighted by molar-refractivity contribution is -0.142. The van der Waals surface area contributed by atoms with E-state index in [1.54, 1.807) is 11.9 Å². The number of hydrogen-bond donors (Lipinski definition) is 1. The Morgan fingerprint density at radius 1 is 1.03 bits per heavy atom. The van der Waals surface area contributed by atoms with E-state index in [4.69, 9.17) is 4.74 Å². The molecule has 0 aromatic heterocycles. The highest BCUT2D eigenvalue weighted by atomic mass is 16.5. The van der Waals surface area contributed by atoms with Crippen LogP contribution in [0.15, 0.2) is 54.6 Å². The number of amides is 2. The fourth-order valence-electron chi connectivity index (χ4n) is 3.15. The molecule has 0 spiro atoms.